The smallest absolute Gasteiger partial charge is 0.258 e. The molecule has 0 saturated carbocycles. The van der Waals surface area contributed by atoms with Crippen molar-refractivity contribution in [3.8, 4) is 5.75 Å². The van der Waals surface area contributed by atoms with Crippen molar-refractivity contribution in [2.24, 2.45) is 0 Å². The minimum absolute atomic E-state index is 0.0847. The van der Waals surface area contributed by atoms with Gasteiger partial charge < -0.3 is 9.53 Å². The maximum atomic E-state index is 9.09. The molecule has 1 aromatic carbocycles. The molecule has 0 radical (unpaired) electrons. The molecule has 0 unspecified atom stereocenters. The van der Waals surface area contributed by atoms with Crippen LogP contribution in [0.15, 0.2) is 24.3 Å². The number of hydrogen-bond acceptors (Lipinski definition) is 2. The van der Waals surface area contributed by atoms with Crippen molar-refractivity contribution in [2.45, 2.75) is 64.8 Å². The summed E-state index contributed by atoms with van der Waals surface area (Å²) in [7, 11) is -1.86. The van der Waals surface area contributed by atoms with E-state index < -0.39 is 8.32 Å². The average molecular weight is 280 g/mol. The zero-order chi connectivity index (χ0) is 14.6. The second-order valence-corrected chi connectivity index (χ2v) is 11.6. The second kappa shape index (κ2) is 6.57. The van der Waals surface area contributed by atoms with Gasteiger partial charge in [0.25, 0.3) is 8.32 Å². The largest absolute Gasteiger partial charge is 0.543 e. The molecular weight excluding hydrogens is 252 g/mol. The molecule has 0 aliphatic rings. The summed E-state index contributed by atoms with van der Waals surface area (Å²) < 4.78 is 6.54. The van der Waals surface area contributed by atoms with Crippen LogP contribution in [0, 0.1) is 0 Å². The lowest BCUT2D eigenvalue weighted by Crippen LogP contribution is -2.50. The molecule has 0 aliphatic carbocycles. The van der Waals surface area contributed by atoms with Gasteiger partial charge >= 0.3 is 0 Å². The number of rotatable bonds is 6. The first kappa shape index (κ1) is 16.3. The van der Waals surface area contributed by atoms with Gasteiger partial charge in [0, 0.05) is 0 Å². The molecule has 0 aromatic heterocycles. The summed E-state index contributed by atoms with van der Waals surface area (Å²) in [5, 5.41) is 9.09. The van der Waals surface area contributed by atoms with Gasteiger partial charge in [-0.3, -0.25) is 0 Å². The first-order valence-corrected chi connectivity index (χ1v) is 9.37. The third-order valence-corrected chi connectivity index (χ3v) is 10.1. The summed E-state index contributed by atoms with van der Waals surface area (Å²) in [6.45, 7) is 13.8. The Morgan fingerprint density at radius 1 is 0.895 bits per heavy atom. The van der Waals surface area contributed by atoms with Crippen LogP contribution >= 0.6 is 0 Å². The third kappa shape index (κ3) is 3.40. The first-order chi connectivity index (χ1) is 8.84. The molecule has 1 N–H and O–H groups in total. The van der Waals surface area contributed by atoms with Crippen molar-refractivity contribution in [1.29, 1.82) is 0 Å². The summed E-state index contributed by atoms with van der Waals surface area (Å²) in [6, 6.07) is 7.85. The standard InChI is InChI=1S/C16H28O2Si/c1-12(2)19(13(3)4,14(5)6)18-16-9-7-15(11-17)8-10-16/h7-10,12-14,17H,11H2,1-6H3. The normalized spacial score (nSPS) is 12.5. The van der Waals surface area contributed by atoms with Crippen molar-refractivity contribution < 1.29 is 9.53 Å². The summed E-state index contributed by atoms with van der Waals surface area (Å²) in [5.41, 5.74) is 2.65. The van der Waals surface area contributed by atoms with Crippen molar-refractivity contribution in [3.05, 3.63) is 29.8 Å². The maximum Gasteiger partial charge on any atom is 0.258 e. The molecule has 0 spiro atoms. The highest BCUT2D eigenvalue weighted by Gasteiger charge is 2.46. The first-order valence-electron chi connectivity index (χ1n) is 7.23. The predicted molar refractivity (Wildman–Crippen MR) is 84.0 cm³/mol. The minimum Gasteiger partial charge on any atom is -0.543 e. The van der Waals surface area contributed by atoms with E-state index in [0.29, 0.717) is 16.6 Å². The fourth-order valence-corrected chi connectivity index (χ4v) is 8.47. The molecule has 0 aliphatic heterocycles. The molecular formula is C16H28O2Si. The second-order valence-electron chi connectivity index (χ2n) is 6.22. The lowest BCUT2D eigenvalue weighted by molar-refractivity contribution is 0.281. The Kier molecular flexibility index (Phi) is 5.62. The van der Waals surface area contributed by atoms with E-state index in [1.807, 2.05) is 24.3 Å². The Balaban J connectivity index is 3.06. The van der Waals surface area contributed by atoms with E-state index in [-0.39, 0.29) is 6.61 Å². The molecule has 0 fully saturated rings. The molecule has 19 heavy (non-hydrogen) atoms. The van der Waals surface area contributed by atoms with E-state index >= 15 is 0 Å². The van der Waals surface area contributed by atoms with Gasteiger partial charge in [0.2, 0.25) is 0 Å². The highest BCUT2D eigenvalue weighted by Crippen LogP contribution is 2.42. The van der Waals surface area contributed by atoms with E-state index in [0.717, 1.165) is 11.3 Å². The van der Waals surface area contributed by atoms with Gasteiger partial charge in [0.15, 0.2) is 0 Å². The summed E-state index contributed by atoms with van der Waals surface area (Å²) >= 11 is 0. The minimum atomic E-state index is -1.86. The monoisotopic (exact) mass is 280 g/mol. The molecule has 2 nitrogen and oxygen atoms in total. The molecule has 0 saturated heterocycles. The molecule has 0 atom stereocenters. The predicted octanol–water partition coefficient (Wildman–Crippen LogP) is 4.73. The zero-order valence-electron chi connectivity index (χ0n) is 13.1. The Morgan fingerprint density at radius 3 is 1.63 bits per heavy atom. The summed E-state index contributed by atoms with van der Waals surface area (Å²) in [6.07, 6.45) is 0. The zero-order valence-corrected chi connectivity index (χ0v) is 14.1. The molecule has 0 amide bonds. The number of aliphatic hydroxyl groups is 1. The van der Waals surface area contributed by atoms with Crippen LogP contribution in [0.1, 0.15) is 47.1 Å². The summed E-state index contributed by atoms with van der Waals surface area (Å²) in [5.74, 6) is 0.944. The van der Waals surface area contributed by atoms with E-state index in [9.17, 15) is 0 Å². The molecule has 0 heterocycles. The number of benzene rings is 1. The SMILES string of the molecule is CC(C)[Si](Oc1ccc(CO)cc1)(C(C)C)C(C)C. The average Bonchev–Trinajstić information content (AvgIpc) is 2.35. The van der Waals surface area contributed by atoms with Gasteiger partial charge in [0.1, 0.15) is 5.75 Å². The Morgan fingerprint density at radius 2 is 1.32 bits per heavy atom. The van der Waals surface area contributed by atoms with Crippen LogP contribution in [0.4, 0.5) is 0 Å². The van der Waals surface area contributed by atoms with Gasteiger partial charge in [-0.05, 0) is 34.3 Å². The highest BCUT2D eigenvalue weighted by atomic mass is 28.4. The van der Waals surface area contributed by atoms with Crippen LogP contribution in [0.3, 0.4) is 0 Å². The molecule has 3 heteroatoms. The van der Waals surface area contributed by atoms with Crippen LogP contribution in [-0.4, -0.2) is 13.4 Å². The van der Waals surface area contributed by atoms with Crippen LogP contribution in [0.5, 0.6) is 5.75 Å². The van der Waals surface area contributed by atoms with Gasteiger partial charge in [0.05, 0.1) is 6.61 Å². The number of aliphatic hydroxyl groups excluding tert-OH is 1. The Bertz CT molecular complexity index is 360. The van der Waals surface area contributed by atoms with Gasteiger partial charge in [-0.15, -0.1) is 0 Å². The van der Waals surface area contributed by atoms with Crippen LogP contribution in [0.2, 0.25) is 16.6 Å². The quantitative estimate of drug-likeness (QED) is 0.763. The van der Waals surface area contributed by atoms with Crippen LogP contribution in [0.25, 0.3) is 0 Å². The maximum absolute atomic E-state index is 9.09. The van der Waals surface area contributed by atoms with Crippen molar-refractivity contribution in [1.82, 2.24) is 0 Å². The lowest BCUT2D eigenvalue weighted by atomic mass is 10.2. The van der Waals surface area contributed by atoms with Crippen molar-refractivity contribution in [3.63, 3.8) is 0 Å². The van der Waals surface area contributed by atoms with Crippen LogP contribution < -0.4 is 4.43 Å². The molecule has 0 bridgehead atoms. The Labute approximate surface area is 118 Å². The molecule has 1 rings (SSSR count). The van der Waals surface area contributed by atoms with Crippen LogP contribution in [-0.2, 0) is 6.61 Å². The summed E-state index contributed by atoms with van der Waals surface area (Å²) in [4.78, 5) is 0. The van der Waals surface area contributed by atoms with Crippen molar-refractivity contribution in [2.75, 3.05) is 0 Å². The van der Waals surface area contributed by atoms with E-state index in [4.69, 9.17) is 9.53 Å². The van der Waals surface area contributed by atoms with Gasteiger partial charge in [-0.2, -0.15) is 0 Å². The van der Waals surface area contributed by atoms with Crippen molar-refractivity contribution >= 4 is 8.32 Å². The van der Waals surface area contributed by atoms with E-state index in [1.165, 1.54) is 0 Å². The molecule has 1 aromatic rings. The lowest BCUT2D eigenvalue weighted by Gasteiger charge is -2.42. The van der Waals surface area contributed by atoms with Gasteiger partial charge in [-0.1, -0.05) is 53.7 Å². The van der Waals surface area contributed by atoms with E-state index in [2.05, 4.69) is 41.5 Å². The topological polar surface area (TPSA) is 29.5 Å². The van der Waals surface area contributed by atoms with Gasteiger partial charge in [-0.25, -0.2) is 0 Å². The highest BCUT2D eigenvalue weighted by molar-refractivity contribution is 6.78. The fraction of sp³-hybridized carbons (Fsp3) is 0.625. The fourth-order valence-electron chi connectivity index (χ4n) is 3.22. The number of hydrogen-bond donors (Lipinski definition) is 1. The molecule has 108 valence electrons. The third-order valence-electron chi connectivity index (χ3n) is 4.11. The van der Waals surface area contributed by atoms with E-state index in [1.54, 1.807) is 0 Å². The Hall–Kier alpha value is -0.803.